The van der Waals surface area contributed by atoms with Crippen LogP contribution < -0.4 is 10.5 Å². The summed E-state index contributed by atoms with van der Waals surface area (Å²) in [5.41, 5.74) is 11.1. The van der Waals surface area contributed by atoms with E-state index in [2.05, 4.69) is 35.8 Å². The molecule has 3 aromatic carbocycles. The van der Waals surface area contributed by atoms with Gasteiger partial charge in [-0.05, 0) is 60.9 Å². The van der Waals surface area contributed by atoms with Gasteiger partial charge in [0.25, 0.3) is 0 Å². The summed E-state index contributed by atoms with van der Waals surface area (Å²) in [6.45, 7) is 4.94. The summed E-state index contributed by atoms with van der Waals surface area (Å²) >= 11 is 0. The number of piperidine rings is 1. The van der Waals surface area contributed by atoms with E-state index in [1.807, 2.05) is 82.4 Å². The van der Waals surface area contributed by atoms with Gasteiger partial charge in [-0.1, -0.05) is 67.3 Å². The highest BCUT2D eigenvalue weighted by molar-refractivity contribution is 6.04. The predicted octanol–water partition coefficient (Wildman–Crippen LogP) is 6.99. The van der Waals surface area contributed by atoms with Crippen molar-refractivity contribution in [1.82, 2.24) is 19.7 Å². The SMILES string of the molecule is C=CC(=O)N1CCC[C@@H](n2nc(-c3ccc(Oc4ccccc4)cc3)c3c(N)ncc(/C=C/c4ccccc4)c32)C1. The summed E-state index contributed by atoms with van der Waals surface area (Å²) in [6, 6.07) is 27.6. The molecule has 0 aliphatic carbocycles. The number of benzene rings is 3. The van der Waals surface area contributed by atoms with Gasteiger partial charge in [0.15, 0.2) is 0 Å². The third-order valence-corrected chi connectivity index (χ3v) is 7.37. The second kappa shape index (κ2) is 11.5. The number of carbonyl (C=O) groups excluding carboxylic acids is 1. The van der Waals surface area contributed by atoms with E-state index in [9.17, 15) is 4.79 Å². The normalized spacial score (nSPS) is 15.3. The highest BCUT2D eigenvalue weighted by atomic mass is 16.5. The zero-order valence-corrected chi connectivity index (χ0v) is 22.7. The maximum absolute atomic E-state index is 12.5. The standard InChI is InChI=1S/C34H31N5O2/c1-2-30(40)38-21-9-12-27(23-38)39-33-26(16-15-24-10-5-3-6-11-24)22-36-34(35)31(33)32(37-39)25-17-19-29(20-18-25)41-28-13-7-4-8-14-28/h2-8,10-11,13-20,22,27H,1,9,12,21,23H2,(H2,35,36)/b16-15+/t27-/m1/s1. The van der Waals surface area contributed by atoms with Gasteiger partial charge in [0.05, 0.1) is 16.9 Å². The quantitative estimate of drug-likeness (QED) is 0.224. The zero-order chi connectivity index (χ0) is 28.2. The molecule has 1 aliphatic heterocycles. The van der Waals surface area contributed by atoms with Crippen molar-refractivity contribution in [3.05, 3.63) is 115 Å². The number of para-hydroxylation sites is 1. The van der Waals surface area contributed by atoms with Gasteiger partial charge in [-0.25, -0.2) is 4.98 Å². The third-order valence-electron chi connectivity index (χ3n) is 7.37. The maximum Gasteiger partial charge on any atom is 0.246 e. The lowest BCUT2D eigenvalue weighted by Gasteiger charge is -2.32. The second-order valence-corrected chi connectivity index (χ2v) is 10.1. The van der Waals surface area contributed by atoms with Crippen molar-refractivity contribution >= 4 is 34.8 Å². The van der Waals surface area contributed by atoms with E-state index < -0.39 is 0 Å². The molecule has 5 aromatic rings. The summed E-state index contributed by atoms with van der Waals surface area (Å²) < 4.78 is 8.05. The van der Waals surface area contributed by atoms with Crippen LogP contribution >= 0.6 is 0 Å². The van der Waals surface area contributed by atoms with E-state index in [-0.39, 0.29) is 11.9 Å². The highest BCUT2D eigenvalue weighted by Crippen LogP contribution is 2.38. The molecule has 7 heteroatoms. The van der Waals surface area contributed by atoms with E-state index in [0.29, 0.717) is 18.9 Å². The molecule has 2 aromatic heterocycles. The average molecular weight is 542 g/mol. The van der Waals surface area contributed by atoms with Gasteiger partial charge in [-0.15, -0.1) is 0 Å². The van der Waals surface area contributed by atoms with Gasteiger partial charge >= 0.3 is 0 Å². The monoisotopic (exact) mass is 541 g/mol. The van der Waals surface area contributed by atoms with E-state index in [4.69, 9.17) is 15.6 Å². The molecule has 0 saturated carbocycles. The summed E-state index contributed by atoms with van der Waals surface area (Å²) in [4.78, 5) is 18.9. The van der Waals surface area contributed by atoms with Crippen LogP contribution in [-0.4, -0.2) is 38.7 Å². The summed E-state index contributed by atoms with van der Waals surface area (Å²) in [5.74, 6) is 1.85. The van der Waals surface area contributed by atoms with Crippen molar-refractivity contribution in [2.24, 2.45) is 0 Å². The molecule has 2 N–H and O–H groups in total. The molecular weight excluding hydrogens is 510 g/mol. The lowest BCUT2D eigenvalue weighted by Crippen LogP contribution is -2.40. The Bertz CT molecular complexity index is 1710. The minimum atomic E-state index is -0.0641. The molecule has 1 aliphatic rings. The van der Waals surface area contributed by atoms with Crippen LogP contribution in [-0.2, 0) is 4.79 Å². The number of carbonyl (C=O) groups is 1. The largest absolute Gasteiger partial charge is 0.457 e. The number of aromatic nitrogens is 3. The first-order valence-corrected chi connectivity index (χ1v) is 13.7. The van der Waals surface area contributed by atoms with Crippen LogP contribution in [0.3, 0.4) is 0 Å². The smallest absolute Gasteiger partial charge is 0.246 e. The molecular formula is C34H31N5O2. The van der Waals surface area contributed by atoms with Crippen molar-refractivity contribution in [1.29, 1.82) is 0 Å². The summed E-state index contributed by atoms with van der Waals surface area (Å²) in [7, 11) is 0. The van der Waals surface area contributed by atoms with Crippen LogP contribution in [0, 0.1) is 0 Å². The van der Waals surface area contributed by atoms with E-state index in [1.54, 1.807) is 6.20 Å². The Kier molecular flexibility index (Phi) is 7.32. The lowest BCUT2D eigenvalue weighted by molar-refractivity contribution is -0.127. The molecule has 3 heterocycles. The molecule has 1 atom stereocenters. The molecule has 6 rings (SSSR count). The van der Waals surface area contributed by atoms with Crippen molar-refractivity contribution in [2.45, 2.75) is 18.9 Å². The van der Waals surface area contributed by atoms with Gasteiger partial charge in [0.2, 0.25) is 5.91 Å². The number of rotatable bonds is 7. The zero-order valence-electron chi connectivity index (χ0n) is 22.7. The molecule has 1 fully saturated rings. The first-order chi connectivity index (χ1) is 20.1. The van der Waals surface area contributed by atoms with Crippen LogP contribution in [0.25, 0.3) is 34.3 Å². The number of nitrogens with two attached hydrogens (primary N) is 1. The molecule has 0 spiro atoms. The van der Waals surface area contributed by atoms with Crippen LogP contribution in [0.5, 0.6) is 11.5 Å². The number of ether oxygens (including phenoxy) is 1. The molecule has 1 saturated heterocycles. The van der Waals surface area contributed by atoms with Crippen LogP contribution in [0.4, 0.5) is 5.82 Å². The molecule has 1 amide bonds. The first kappa shape index (κ1) is 26.1. The predicted molar refractivity (Wildman–Crippen MR) is 164 cm³/mol. The van der Waals surface area contributed by atoms with Crippen LogP contribution in [0.1, 0.15) is 30.0 Å². The fourth-order valence-electron chi connectivity index (χ4n) is 5.35. The Labute approximate surface area is 239 Å². The topological polar surface area (TPSA) is 86.3 Å². The number of hydrogen-bond acceptors (Lipinski definition) is 5. The number of likely N-dealkylation sites (tertiary alicyclic amines) is 1. The number of fused-ring (bicyclic) bond motifs is 1. The second-order valence-electron chi connectivity index (χ2n) is 10.1. The number of nitrogens with zero attached hydrogens (tertiary/aromatic N) is 4. The van der Waals surface area contributed by atoms with E-state index in [1.165, 1.54) is 6.08 Å². The van der Waals surface area contributed by atoms with Gasteiger partial charge in [-0.3, -0.25) is 9.48 Å². The maximum atomic E-state index is 12.5. The Morgan fingerprint density at radius 2 is 1.66 bits per heavy atom. The van der Waals surface area contributed by atoms with E-state index in [0.717, 1.165) is 57.6 Å². The Hall–Kier alpha value is -5.17. The first-order valence-electron chi connectivity index (χ1n) is 13.7. The Balaban J connectivity index is 1.45. The number of hydrogen-bond donors (Lipinski definition) is 1. The minimum absolute atomic E-state index is 0.0183. The van der Waals surface area contributed by atoms with Gasteiger partial charge in [0.1, 0.15) is 23.0 Å². The third kappa shape index (κ3) is 5.47. The highest BCUT2D eigenvalue weighted by Gasteiger charge is 2.28. The number of nitrogen functional groups attached to an aromatic ring is 1. The van der Waals surface area contributed by atoms with Gasteiger partial charge < -0.3 is 15.4 Å². The fourth-order valence-corrected chi connectivity index (χ4v) is 5.35. The van der Waals surface area contributed by atoms with Crippen LogP contribution in [0.15, 0.2) is 104 Å². The van der Waals surface area contributed by atoms with Crippen molar-refractivity contribution < 1.29 is 9.53 Å². The van der Waals surface area contributed by atoms with Gasteiger partial charge in [-0.2, -0.15) is 5.10 Å². The van der Waals surface area contributed by atoms with Crippen molar-refractivity contribution in [2.75, 3.05) is 18.8 Å². The Morgan fingerprint density at radius 3 is 2.39 bits per heavy atom. The molecule has 0 radical (unpaired) electrons. The summed E-state index contributed by atoms with van der Waals surface area (Å²) in [6.07, 6.45) is 9.06. The van der Waals surface area contributed by atoms with Gasteiger partial charge in [0, 0.05) is 30.4 Å². The number of anilines is 1. The molecule has 204 valence electrons. The molecule has 41 heavy (non-hydrogen) atoms. The van der Waals surface area contributed by atoms with Crippen molar-refractivity contribution in [3.63, 3.8) is 0 Å². The van der Waals surface area contributed by atoms with Crippen LogP contribution in [0.2, 0.25) is 0 Å². The minimum Gasteiger partial charge on any atom is -0.457 e. The average Bonchev–Trinajstić information content (AvgIpc) is 3.44. The summed E-state index contributed by atoms with van der Waals surface area (Å²) in [5, 5.41) is 5.95. The molecule has 0 unspecified atom stereocenters. The molecule has 0 bridgehead atoms. The van der Waals surface area contributed by atoms with E-state index >= 15 is 0 Å². The Morgan fingerprint density at radius 1 is 0.951 bits per heavy atom. The molecule has 7 nitrogen and oxygen atoms in total. The lowest BCUT2D eigenvalue weighted by atomic mass is 10.0. The number of amides is 1. The van der Waals surface area contributed by atoms with Crippen molar-refractivity contribution in [3.8, 4) is 22.8 Å². The fraction of sp³-hybridized carbons (Fsp3) is 0.147. The number of pyridine rings is 1.